The summed E-state index contributed by atoms with van der Waals surface area (Å²) in [6, 6.07) is 13.2. The van der Waals surface area contributed by atoms with Crippen LogP contribution in [0.1, 0.15) is 23.6 Å². The molecule has 2 rings (SSSR count). The van der Waals surface area contributed by atoms with Crippen molar-refractivity contribution < 1.29 is 9.90 Å². The van der Waals surface area contributed by atoms with Crippen molar-refractivity contribution in [3.8, 4) is 0 Å². The third kappa shape index (κ3) is 4.17. The number of aliphatic hydroxyl groups is 1. The van der Waals surface area contributed by atoms with Gasteiger partial charge in [-0.3, -0.25) is 9.78 Å². The van der Waals surface area contributed by atoms with Crippen LogP contribution in [0.4, 0.5) is 0 Å². The molecule has 1 heterocycles. The van der Waals surface area contributed by atoms with E-state index in [1.54, 1.807) is 12.4 Å². The summed E-state index contributed by atoms with van der Waals surface area (Å²) in [4.78, 5) is 16.0. The van der Waals surface area contributed by atoms with Crippen molar-refractivity contribution in [1.82, 2.24) is 10.3 Å². The Morgan fingerprint density at radius 3 is 2.65 bits per heavy atom. The van der Waals surface area contributed by atoms with Crippen LogP contribution in [0.5, 0.6) is 0 Å². The Bertz CT molecular complexity index is 529. The van der Waals surface area contributed by atoms with Crippen molar-refractivity contribution >= 4 is 5.91 Å². The highest BCUT2D eigenvalue weighted by atomic mass is 16.3. The summed E-state index contributed by atoms with van der Waals surface area (Å²) in [6.07, 6.45) is 4.16. The predicted octanol–water partition coefficient (Wildman–Crippen LogP) is 1.86. The van der Waals surface area contributed by atoms with Crippen LogP contribution in [0, 0.1) is 0 Å². The zero-order valence-electron chi connectivity index (χ0n) is 11.2. The topological polar surface area (TPSA) is 62.2 Å². The Kier molecular flexibility index (Phi) is 5.26. The van der Waals surface area contributed by atoms with Crippen LogP contribution in [-0.4, -0.2) is 22.6 Å². The Hall–Kier alpha value is -2.20. The average Bonchev–Trinajstić information content (AvgIpc) is 2.49. The van der Waals surface area contributed by atoms with E-state index in [1.165, 1.54) is 0 Å². The minimum Gasteiger partial charge on any atom is -0.396 e. The first-order valence-corrected chi connectivity index (χ1v) is 6.63. The van der Waals surface area contributed by atoms with Crippen molar-refractivity contribution in [2.24, 2.45) is 0 Å². The lowest BCUT2D eigenvalue weighted by Gasteiger charge is -2.18. The molecule has 20 heavy (non-hydrogen) atoms. The van der Waals surface area contributed by atoms with E-state index in [9.17, 15) is 4.79 Å². The van der Waals surface area contributed by atoms with Gasteiger partial charge in [-0.15, -0.1) is 0 Å². The molecule has 0 saturated carbocycles. The minimum atomic E-state index is -0.162. The van der Waals surface area contributed by atoms with E-state index in [0.717, 1.165) is 11.1 Å². The number of aliphatic hydroxyl groups excluding tert-OH is 1. The van der Waals surface area contributed by atoms with Gasteiger partial charge in [0.05, 0.1) is 12.5 Å². The number of nitrogens with zero attached hydrogens (tertiary/aromatic N) is 1. The van der Waals surface area contributed by atoms with Crippen molar-refractivity contribution in [2.45, 2.75) is 18.9 Å². The minimum absolute atomic E-state index is 0.0345. The quantitative estimate of drug-likeness (QED) is 0.842. The SMILES string of the molecule is O=C(Cc1cccnc1)NC(CCO)c1ccccc1. The molecule has 0 saturated heterocycles. The number of amides is 1. The number of carbonyl (C=O) groups excluding carboxylic acids is 1. The molecule has 1 unspecified atom stereocenters. The van der Waals surface area contributed by atoms with Crippen molar-refractivity contribution in [1.29, 1.82) is 0 Å². The third-order valence-corrected chi connectivity index (χ3v) is 3.04. The fourth-order valence-corrected chi connectivity index (χ4v) is 2.07. The lowest BCUT2D eigenvalue weighted by molar-refractivity contribution is -0.121. The number of hydrogen-bond donors (Lipinski definition) is 2. The van der Waals surface area contributed by atoms with Crippen LogP contribution < -0.4 is 5.32 Å². The molecule has 1 atom stereocenters. The normalized spacial score (nSPS) is 11.8. The smallest absolute Gasteiger partial charge is 0.224 e. The van der Waals surface area contributed by atoms with Crippen LogP contribution in [0.3, 0.4) is 0 Å². The zero-order valence-corrected chi connectivity index (χ0v) is 11.2. The number of rotatable bonds is 6. The summed E-state index contributed by atoms with van der Waals surface area (Å²) >= 11 is 0. The van der Waals surface area contributed by atoms with Gasteiger partial charge in [-0.25, -0.2) is 0 Å². The van der Waals surface area contributed by atoms with Gasteiger partial charge in [-0.2, -0.15) is 0 Å². The summed E-state index contributed by atoms with van der Waals surface area (Å²) in [5.74, 6) is -0.0692. The lowest BCUT2D eigenvalue weighted by atomic mass is 10.0. The summed E-state index contributed by atoms with van der Waals surface area (Å²) < 4.78 is 0. The van der Waals surface area contributed by atoms with Crippen LogP contribution in [0.2, 0.25) is 0 Å². The van der Waals surface area contributed by atoms with E-state index in [4.69, 9.17) is 5.11 Å². The Balaban J connectivity index is 1.99. The van der Waals surface area contributed by atoms with E-state index in [2.05, 4.69) is 10.3 Å². The van der Waals surface area contributed by atoms with Gasteiger partial charge in [0.1, 0.15) is 0 Å². The van der Waals surface area contributed by atoms with Gasteiger partial charge >= 0.3 is 0 Å². The second kappa shape index (κ2) is 7.40. The maximum Gasteiger partial charge on any atom is 0.224 e. The van der Waals surface area contributed by atoms with Crippen LogP contribution in [-0.2, 0) is 11.2 Å². The lowest BCUT2D eigenvalue weighted by Crippen LogP contribution is -2.30. The van der Waals surface area contributed by atoms with Gasteiger partial charge in [0.25, 0.3) is 0 Å². The van der Waals surface area contributed by atoms with E-state index in [-0.39, 0.29) is 18.6 Å². The van der Waals surface area contributed by atoms with E-state index >= 15 is 0 Å². The molecule has 0 aliphatic rings. The van der Waals surface area contributed by atoms with Gasteiger partial charge in [-0.1, -0.05) is 36.4 Å². The monoisotopic (exact) mass is 270 g/mol. The molecule has 2 N–H and O–H groups in total. The van der Waals surface area contributed by atoms with Crippen LogP contribution in [0.15, 0.2) is 54.9 Å². The maximum atomic E-state index is 12.1. The summed E-state index contributed by atoms with van der Waals surface area (Å²) in [5.41, 5.74) is 1.88. The molecular weight excluding hydrogens is 252 g/mol. The van der Waals surface area contributed by atoms with Gasteiger partial charge in [0.15, 0.2) is 0 Å². The summed E-state index contributed by atoms with van der Waals surface area (Å²) in [5, 5.41) is 12.1. The van der Waals surface area contributed by atoms with Gasteiger partial charge in [0, 0.05) is 19.0 Å². The molecule has 0 aliphatic heterocycles. The Morgan fingerprint density at radius 1 is 1.20 bits per heavy atom. The largest absolute Gasteiger partial charge is 0.396 e. The number of aromatic nitrogens is 1. The van der Waals surface area contributed by atoms with Gasteiger partial charge in [-0.05, 0) is 23.6 Å². The highest BCUT2D eigenvalue weighted by Crippen LogP contribution is 2.16. The molecule has 4 heteroatoms. The second-order valence-corrected chi connectivity index (χ2v) is 4.58. The fourth-order valence-electron chi connectivity index (χ4n) is 2.07. The van der Waals surface area contributed by atoms with Gasteiger partial charge in [0.2, 0.25) is 5.91 Å². The van der Waals surface area contributed by atoms with Crippen LogP contribution >= 0.6 is 0 Å². The second-order valence-electron chi connectivity index (χ2n) is 4.58. The molecule has 0 radical (unpaired) electrons. The van der Waals surface area contributed by atoms with Crippen molar-refractivity contribution in [3.63, 3.8) is 0 Å². The molecule has 1 aromatic carbocycles. The first-order valence-electron chi connectivity index (χ1n) is 6.63. The fraction of sp³-hybridized carbons (Fsp3) is 0.250. The first-order chi connectivity index (χ1) is 9.79. The van der Waals surface area contributed by atoms with Crippen molar-refractivity contribution in [3.05, 3.63) is 66.0 Å². The molecule has 104 valence electrons. The van der Waals surface area contributed by atoms with Crippen molar-refractivity contribution in [2.75, 3.05) is 6.61 Å². The maximum absolute atomic E-state index is 12.1. The van der Waals surface area contributed by atoms with E-state index < -0.39 is 0 Å². The van der Waals surface area contributed by atoms with E-state index in [1.807, 2.05) is 42.5 Å². The standard InChI is InChI=1S/C16H18N2O2/c19-10-8-15(14-6-2-1-3-7-14)18-16(20)11-13-5-4-9-17-12-13/h1-7,9,12,15,19H,8,10-11H2,(H,18,20). The van der Waals surface area contributed by atoms with Gasteiger partial charge < -0.3 is 10.4 Å². The summed E-state index contributed by atoms with van der Waals surface area (Å²) in [7, 11) is 0. The highest BCUT2D eigenvalue weighted by molar-refractivity contribution is 5.78. The molecule has 1 aromatic heterocycles. The number of pyridine rings is 1. The zero-order chi connectivity index (χ0) is 14.2. The molecular formula is C16H18N2O2. The number of nitrogens with one attached hydrogen (secondary N) is 1. The summed E-state index contributed by atoms with van der Waals surface area (Å²) in [6.45, 7) is 0.0345. The molecule has 0 aliphatic carbocycles. The van der Waals surface area contributed by atoms with Crippen LogP contribution in [0.25, 0.3) is 0 Å². The molecule has 0 fully saturated rings. The highest BCUT2D eigenvalue weighted by Gasteiger charge is 2.14. The average molecular weight is 270 g/mol. The number of hydrogen-bond acceptors (Lipinski definition) is 3. The Labute approximate surface area is 118 Å². The molecule has 0 spiro atoms. The number of carbonyl (C=O) groups is 1. The van der Waals surface area contributed by atoms with E-state index in [0.29, 0.717) is 12.8 Å². The predicted molar refractivity (Wildman–Crippen MR) is 77.0 cm³/mol. The molecule has 0 bridgehead atoms. The number of benzene rings is 1. The molecule has 4 nitrogen and oxygen atoms in total. The molecule has 1 amide bonds. The Morgan fingerprint density at radius 2 is 2.00 bits per heavy atom. The molecule has 2 aromatic rings. The third-order valence-electron chi connectivity index (χ3n) is 3.04. The first kappa shape index (κ1) is 14.2.